The molecule has 0 spiro atoms. The maximum absolute atomic E-state index is 13.3. The summed E-state index contributed by atoms with van der Waals surface area (Å²) in [5.74, 6) is 2.00. The Labute approximate surface area is 272 Å². The first-order chi connectivity index (χ1) is 22.3. The smallest absolute Gasteiger partial charge is 0.380 e. The molecule has 7 rings (SSSR count). The number of carbonyl (C=O) groups excluding carboxylic acids is 1. The number of aryl methyl sites for hydroxylation is 1. The number of halogens is 1. The van der Waals surface area contributed by atoms with Gasteiger partial charge in [0.05, 0.1) is 40.9 Å². The fourth-order valence-corrected chi connectivity index (χ4v) is 7.55. The van der Waals surface area contributed by atoms with E-state index in [-0.39, 0.29) is 29.7 Å². The van der Waals surface area contributed by atoms with Crippen molar-refractivity contribution in [3.63, 3.8) is 0 Å². The number of H-pyrrole nitrogens is 1. The Balaban J connectivity index is 1.36. The highest BCUT2D eigenvalue weighted by Gasteiger charge is 2.40. The summed E-state index contributed by atoms with van der Waals surface area (Å²) in [6.07, 6.45) is 10.2. The van der Waals surface area contributed by atoms with Gasteiger partial charge < -0.3 is 19.1 Å². The Morgan fingerprint density at radius 1 is 1.09 bits per heavy atom. The molecule has 13 heteroatoms. The zero-order chi connectivity index (χ0) is 31.9. The van der Waals surface area contributed by atoms with Crippen LogP contribution in [-0.2, 0) is 16.1 Å². The molecule has 0 radical (unpaired) electrons. The van der Waals surface area contributed by atoms with Gasteiger partial charge in [0, 0.05) is 49.7 Å². The van der Waals surface area contributed by atoms with Crippen LogP contribution >= 0.6 is 11.6 Å². The third kappa shape index (κ3) is 5.92. The van der Waals surface area contributed by atoms with Crippen LogP contribution in [0.25, 0.3) is 33.8 Å². The van der Waals surface area contributed by atoms with Crippen LogP contribution in [0.15, 0.2) is 33.8 Å². The number of hydrogen-bond donors (Lipinski definition) is 1. The first-order valence-corrected chi connectivity index (χ1v) is 16.9. The van der Waals surface area contributed by atoms with Gasteiger partial charge in [-0.1, -0.05) is 56.3 Å². The van der Waals surface area contributed by atoms with Crippen molar-refractivity contribution in [3.05, 3.63) is 40.1 Å². The SMILES string of the molecule is CCC1CN(C(=O)C2COC2)CC(C)N1c1nc2cc(-c3noc(=O)[nH]3)nc(-c3cncc(Cl)c3)c2n1CCC1CCC(C)CC1. The van der Waals surface area contributed by atoms with Crippen LogP contribution < -0.4 is 10.7 Å². The Morgan fingerprint density at radius 3 is 2.57 bits per heavy atom. The van der Waals surface area contributed by atoms with Gasteiger partial charge in [0.25, 0.3) is 0 Å². The van der Waals surface area contributed by atoms with Crippen LogP contribution in [0.5, 0.6) is 0 Å². The summed E-state index contributed by atoms with van der Waals surface area (Å²) < 4.78 is 12.5. The highest BCUT2D eigenvalue weighted by atomic mass is 35.5. The van der Waals surface area contributed by atoms with Gasteiger partial charge in [-0.05, 0) is 43.7 Å². The zero-order valence-corrected chi connectivity index (χ0v) is 27.4. The van der Waals surface area contributed by atoms with Crippen molar-refractivity contribution in [2.45, 2.75) is 77.9 Å². The molecule has 0 aromatic carbocycles. The molecule has 2 aliphatic heterocycles. The number of imidazole rings is 1. The minimum Gasteiger partial charge on any atom is -0.380 e. The molecule has 2 atom stereocenters. The van der Waals surface area contributed by atoms with Crippen molar-refractivity contribution in [2.75, 3.05) is 31.2 Å². The third-order valence-corrected chi connectivity index (χ3v) is 10.3. The largest absolute Gasteiger partial charge is 0.439 e. The van der Waals surface area contributed by atoms with Crippen molar-refractivity contribution in [3.8, 4) is 22.8 Å². The number of nitrogens with one attached hydrogen (secondary N) is 1. The number of carbonyl (C=O) groups is 1. The molecule has 12 nitrogen and oxygen atoms in total. The van der Waals surface area contributed by atoms with E-state index in [0.29, 0.717) is 48.6 Å². The predicted molar refractivity (Wildman–Crippen MR) is 175 cm³/mol. The summed E-state index contributed by atoms with van der Waals surface area (Å²) in [7, 11) is 0. The fourth-order valence-electron chi connectivity index (χ4n) is 7.37. The number of pyridine rings is 2. The van der Waals surface area contributed by atoms with Gasteiger partial charge in [0.15, 0.2) is 0 Å². The highest BCUT2D eigenvalue weighted by Crippen LogP contribution is 2.38. The lowest BCUT2D eigenvalue weighted by atomic mass is 9.81. The molecule has 1 amide bonds. The van der Waals surface area contributed by atoms with E-state index in [4.69, 9.17) is 30.8 Å². The number of aromatic nitrogens is 6. The summed E-state index contributed by atoms with van der Waals surface area (Å²) in [4.78, 5) is 46.9. The van der Waals surface area contributed by atoms with Gasteiger partial charge in [-0.2, -0.15) is 0 Å². The van der Waals surface area contributed by atoms with Gasteiger partial charge in [0.2, 0.25) is 17.7 Å². The minimum atomic E-state index is -0.656. The molecule has 46 heavy (non-hydrogen) atoms. The molecule has 1 saturated carbocycles. The molecule has 4 aromatic heterocycles. The predicted octanol–water partition coefficient (Wildman–Crippen LogP) is 5.17. The Kier molecular flexibility index (Phi) is 8.58. The van der Waals surface area contributed by atoms with Crippen LogP contribution in [0.1, 0.15) is 59.3 Å². The van der Waals surface area contributed by atoms with Crippen molar-refractivity contribution >= 4 is 34.5 Å². The number of hydrogen-bond acceptors (Lipinski definition) is 9. The summed E-state index contributed by atoms with van der Waals surface area (Å²) in [6, 6.07) is 3.81. The molecular formula is C33H41ClN8O4. The minimum absolute atomic E-state index is 0.0327. The first kappa shape index (κ1) is 30.9. The van der Waals surface area contributed by atoms with E-state index in [1.165, 1.54) is 25.7 Å². The highest BCUT2D eigenvalue weighted by molar-refractivity contribution is 6.30. The Hall–Kier alpha value is -3.77. The number of piperazine rings is 1. The standard InChI is InChI=1S/C33H41ClN8O4/c1-4-25-16-40(31(43)23-17-45-18-23)15-20(3)42(25)32-37-26-12-27(30-38-33(44)46-39-30)36-28(22-11-24(34)14-35-13-22)29(26)41(32)10-9-21-7-5-19(2)6-8-21/h11-14,19-21,23,25H,4-10,15-18H2,1-3H3,(H,38,39,44). The summed E-state index contributed by atoms with van der Waals surface area (Å²) in [6.45, 7) is 9.74. The molecular weight excluding hydrogens is 608 g/mol. The molecule has 4 aromatic rings. The van der Waals surface area contributed by atoms with Crippen molar-refractivity contribution in [1.82, 2.24) is 34.6 Å². The van der Waals surface area contributed by atoms with Gasteiger partial charge in [0.1, 0.15) is 5.69 Å². The third-order valence-electron chi connectivity index (χ3n) is 10.0. The molecule has 2 saturated heterocycles. The van der Waals surface area contributed by atoms with Crippen molar-refractivity contribution in [1.29, 1.82) is 0 Å². The quantitative estimate of drug-likeness (QED) is 0.275. The normalized spacial score (nSPS) is 24.0. The van der Waals surface area contributed by atoms with E-state index in [0.717, 1.165) is 47.8 Å². The maximum Gasteiger partial charge on any atom is 0.439 e. The van der Waals surface area contributed by atoms with E-state index in [1.54, 1.807) is 12.4 Å². The van der Waals surface area contributed by atoms with E-state index >= 15 is 0 Å². The Morgan fingerprint density at radius 2 is 1.89 bits per heavy atom. The maximum atomic E-state index is 13.3. The first-order valence-electron chi connectivity index (χ1n) is 16.5. The van der Waals surface area contributed by atoms with E-state index < -0.39 is 5.76 Å². The summed E-state index contributed by atoms with van der Waals surface area (Å²) in [5.41, 5.74) is 3.43. The second-order valence-electron chi connectivity index (χ2n) is 13.3. The lowest BCUT2D eigenvalue weighted by Crippen LogP contribution is -2.61. The lowest BCUT2D eigenvalue weighted by Gasteiger charge is -2.47. The number of amides is 1. The zero-order valence-electron chi connectivity index (χ0n) is 26.6. The van der Waals surface area contributed by atoms with Crippen molar-refractivity contribution in [2.24, 2.45) is 17.8 Å². The van der Waals surface area contributed by atoms with E-state index in [9.17, 15) is 9.59 Å². The summed E-state index contributed by atoms with van der Waals surface area (Å²) >= 11 is 6.44. The molecule has 2 unspecified atom stereocenters. The molecule has 1 N–H and O–H groups in total. The monoisotopic (exact) mass is 648 g/mol. The van der Waals surface area contributed by atoms with Gasteiger partial charge in [-0.25, -0.2) is 14.8 Å². The fraction of sp³-hybridized carbons (Fsp3) is 0.576. The van der Waals surface area contributed by atoms with E-state index in [1.807, 2.05) is 17.0 Å². The number of aromatic amines is 1. The van der Waals surface area contributed by atoms with Gasteiger partial charge >= 0.3 is 5.76 Å². The average molecular weight is 649 g/mol. The van der Waals surface area contributed by atoms with Crippen LogP contribution in [0.2, 0.25) is 5.02 Å². The van der Waals surface area contributed by atoms with Gasteiger partial charge in [-0.3, -0.25) is 19.3 Å². The second kappa shape index (κ2) is 12.8. The molecule has 3 fully saturated rings. The second-order valence-corrected chi connectivity index (χ2v) is 13.8. The molecule has 244 valence electrons. The Bertz CT molecular complexity index is 1770. The van der Waals surface area contributed by atoms with E-state index in [2.05, 4.69) is 45.4 Å². The molecule has 6 heterocycles. The number of anilines is 1. The van der Waals surface area contributed by atoms with Crippen LogP contribution in [0, 0.1) is 17.8 Å². The van der Waals surface area contributed by atoms with Crippen LogP contribution in [-0.4, -0.2) is 78.9 Å². The lowest BCUT2D eigenvalue weighted by molar-refractivity contribution is -0.151. The molecule has 1 aliphatic carbocycles. The molecule has 3 aliphatic rings. The average Bonchev–Trinajstić information content (AvgIpc) is 3.62. The topological polar surface area (TPSA) is 135 Å². The molecule has 0 bridgehead atoms. The number of ether oxygens (including phenoxy) is 1. The van der Waals surface area contributed by atoms with Crippen LogP contribution in [0.4, 0.5) is 5.95 Å². The summed E-state index contributed by atoms with van der Waals surface area (Å²) in [5, 5.41) is 4.41. The number of fused-ring (bicyclic) bond motifs is 1. The van der Waals surface area contributed by atoms with Crippen LogP contribution in [0.3, 0.4) is 0 Å². The number of nitrogens with zero attached hydrogens (tertiary/aromatic N) is 7. The van der Waals surface area contributed by atoms with Crippen molar-refractivity contribution < 1.29 is 14.1 Å². The van der Waals surface area contributed by atoms with Gasteiger partial charge in [-0.15, -0.1) is 0 Å². The number of rotatable bonds is 8.